The Morgan fingerprint density at radius 2 is 1.90 bits per heavy atom. The predicted molar refractivity (Wildman–Crippen MR) is 120 cm³/mol. The lowest BCUT2D eigenvalue weighted by molar-refractivity contribution is -0.142. The van der Waals surface area contributed by atoms with Crippen LogP contribution in [0.5, 0.6) is 5.75 Å². The molecule has 0 heterocycles. The molecular formula is C21H23BrCl2N2O3. The molecule has 1 atom stereocenters. The highest BCUT2D eigenvalue weighted by atomic mass is 79.9. The number of likely N-dealkylation sites (N-methyl/N-ethyl adjacent to an activating group) is 1. The average Bonchev–Trinajstić information content (AvgIpc) is 2.69. The average molecular weight is 502 g/mol. The summed E-state index contributed by atoms with van der Waals surface area (Å²) < 4.78 is 6.62. The zero-order valence-electron chi connectivity index (χ0n) is 16.5. The Labute approximate surface area is 189 Å². The van der Waals surface area contributed by atoms with Gasteiger partial charge in [-0.1, -0.05) is 45.2 Å². The van der Waals surface area contributed by atoms with Gasteiger partial charge < -0.3 is 15.0 Å². The van der Waals surface area contributed by atoms with Crippen LogP contribution < -0.4 is 10.1 Å². The van der Waals surface area contributed by atoms with Gasteiger partial charge in [0.25, 0.3) is 5.91 Å². The summed E-state index contributed by atoms with van der Waals surface area (Å²) in [6.07, 6.45) is 0. The lowest BCUT2D eigenvalue weighted by Gasteiger charge is -2.28. The number of carbonyl (C=O) groups excluding carboxylic acids is 2. The topological polar surface area (TPSA) is 58.6 Å². The van der Waals surface area contributed by atoms with Crippen molar-refractivity contribution < 1.29 is 14.3 Å². The molecule has 2 amide bonds. The molecule has 0 saturated heterocycles. The molecule has 1 N–H and O–H groups in total. The first-order chi connectivity index (χ1) is 13.7. The van der Waals surface area contributed by atoms with Crippen molar-refractivity contribution in [3.8, 4) is 5.75 Å². The van der Waals surface area contributed by atoms with E-state index < -0.39 is 6.04 Å². The van der Waals surface area contributed by atoms with E-state index in [4.69, 9.17) is 27.9 Å². The number of benzene rings is 2. The Balaban J connectivity index is 2.17. The van der Waals surface area contributed by atoms with Crippen LogP contribution in [0.1, 0.15) is 25.0 Å². The van der Waals surface area contributed by atoms with Gasteiger partial charge in [0.05, 0.1) is 10.0 Å². The van der Waals surface area contributed by atoms with Gasteiger partial charge in [-0.05, 0) is 62.2 Å². The van der Waals surface area contributed by atoms with E-state index >= 15 is 0 Å². The molecular weight excluding hydrogens is 479 g/mol. The second-order valence-electron chi connectivity index (χ2n) is 6.54. The molecule has 5 nitrogen and oxygen atoms in total. The van der Waals surface area contributed by atoms with Crippen molar-refractivity contribution in [1.82, 2.24) is 10.2 Å². The highest BCUT2D eigenvalue weighted by Gasteiger charge is 2.26. The zero-order valence-corrected chi connectivity index (χ0v) is 19.6. The third-order valence-electron chi connectivity index (χ3n) is 4.35. The van der Waals surface area contributed by atoms with Crippen molar-refractivity contribution in [2.75, 3.05) is 13.2 Å². The Hall–Kier alpha value is -1.76. The second-order valence-corrected chi connectivity index (χ2v) is 8.21. The first kappa shape index (κ1) is 23.5. The van der Waals surface area contributed by atoms with E-state index in [2.05, 4.69) is 21.2 Å². The minimum absolute atomic E-state index is 0.188. The fourth-order valence-electron chi connectivity index (χ4n) is 2.67. The van der Waals surface area contributed by atoms with Crippen LogP contribution >= 0.6 is 39.1 Å². The molecule has 0 aliphatic heterocycles. The summed E-state index contributed by atoms with van der Waals surface area (Å²) in [5, 5.41) is 3.57. The lowest BCUT2D eigenvalue weighted by atomic mass is 10.1. The van der Waals surface area contributed by atoms with Gasteiger partial charge in [-0.2, -0.15) is 0 Å². The second kappa shape index (κ2) is 10.9. The molecule has 0 bridgehead atoms. The van der Waals surface area contributed by atoms with Crippen molar-refractivity contribution in [2.45, 2.75) is 33.4 Å². The van der Waals surface area contributed by atoms with Crippen LogP contribution in [0.2, 0.25) is 10.0 Å². The molecule has 2 aromatic carbocycles. The maximum Gasteiger partial charge on any atom is 0.261 e. The Bertz CT molecular complexity index is 892. The lowest BCUT2D eigenvalue weighted by Crippen LogP contribution is -2.49. The van der Waals surface area contributed by atoms with E-state index in [9.17, 15) is 9.59 Å². The highest BCUT2D eigenvalue weighted by Crippen LogP contribution is 2.24. The van der Waals surface area contributed by atoms with Gasteiger partial charge in [0, 0.05) is 17.6 Å². The van der Waals surface area contributed by atoms with Crippen LogP contribution in [0.3, 0.4) is 0 Å². The van der Waals surface area contributed by atoms with Crippen molar-refractivity contribution in [2.24, 2.45) is 0 Å². The number of aryl methyl sites for hydroxylation is 1. The van der Waals surface area contributed by atoms with Crippen LogP contribution in [0, 0.1) is 6.92 Å². The fourth-order valence-corrected chi connectivity index (χ4v) is 3.24. The number of hydrogen-bond donors (Lipinski definition) is 1. The molecule has 156 valence electrons. The molecule has 0 unspecified atom stereocenters. The quantitative estimate of drug-likeness (QED) is 0.553. The summed E-state index contributed by atoms with van der Waals surface area (Å²) in [6.45, 7) is 5.95. The first-order valence-electron chi connectivity index (χ1n) is 9.13. The maximum atomic E-state index is 12.9. The Kier molecular flexibility index (Phi) is 8.80. The summed E-state index contributed by atoms with van der Waals surface area (Å²) in [4.78, 5) is 26.8. The van der Waals surface area contributed by atoms with Crippen LogP contribution in [-0.2, 0) is 16.1 Å². The fraction of sp³-hybridized carbons (Fsp3) is 0.333. The summed E-state index contributed by atoms with van der Waals surface area (Å²) in [6, 6.07) is 9.94. The van der Waals surface area contributed by atoms with Gasteiger partial charge in [-0.25, -0.2) is 0 Å². The summed E-state index contributed by atoms with van der Waals surface area (Å²) >= 11 is 15.5. The molecule has 2 rings (SSSR count). The molecule has 0 aromatic heterocycles. The summed E-state index contributed by atoms with van der Waals surface area (Å²) in [5.41, 5.74) is 1.77. The van der Waals surface area contributed by atoms with Crippen LogP contribution in [0.15, 0.2) is 40.9 Å². The molecule has 29 heavy (non-hydrogen) atoms. The van der Waals surface area contributed by atoms with Crippen molar-refractivity contribution in [1.29, 1.82) is 0 Å². The van der Waals surface area contributed by atoms with E-state index in [-0.39, 0.29) is 25.0 Å². The zero-order chi connectivity index (χ0) is 21.6. The van der Waals surface area contributed by atoms with Gasteiger partial charge in [0.15, 0.2) is 6.61 Å². The van der Waals surface area contributed by atoms with E-state index in [1.54, 1.807) is 31.2 Å². The minimum atomic E-state index is -0.674. The monoisotopic (exact) mass is 500 g/mol. The molecule has 0 fully saturated rings. The maximum absolute atomic E-state index is 12.9. The normalized spacial score (nSPS) is 11.7. The number of ether oxygens (including phenoxy) is 1. The summed E-state index contributed by atoms with van der Waals surface area (Å²) in [5.74, 6) is 0.0370. The molecule has 0 spiro atoms. The number of amides is 2. The van der Waals surface area contributed by atoms with Gasteiger partial charge in [-0.3, -0.25) is 9.59 Å². The number of rotatable bonds is 8. The third kappa shape index (κ3) is 6.63. The van der Waals surface area contributed by atoms with E-state index in [0.717, 1.165) is 15.6 Å². The standard InChI is InChI=1S/C21H23BrCl2N2O3/c1-4-25-21(28)14(3)26(11-15-5-8-18(23)19(24)10-15)20(27)12-29-16-6-7-17(22)13(2)9-16/h5-10,14H,4,11-12H2,1-3H3,(H,25,28)/t14-/m1/s1. The first-order valence-corrected chi connectivity index (χ1v) is 10.7. The van der Waals surface area contributed by atoms with Gasteiger partial charge in [-0.15, -0.1) is 0 Å². The predicted octanol–water partition coefficient (Wildman–Crippen LogP) is 5.00. The van der Waals surface area contributed by atoms with Crippen LogP contribution in [0.4, 0.5) is 0 Å². The van der Waals surface area contributed by atoms with E-state index in [1.165, 1.54) is 4.90 Å². The van der Waals surface area contributed by atoms with Gasteiger partial charge in [0.2, 0.25) is 5.91 Å². The number of hydrogen-bond acceptors (Lipinski definition) is 3. The third-order valence-corrected chi connectivity index (χ3v) is 5.98. The largest absolute Gasteiger partial charge is 0.484 e. The molecule has 0 aliphatic rings. The number of carbonyl (C=O) groups is 2. The molecule has 2 aromatic rings. The summed E-state index contributed by atoms with van der Waals surface area (Å²) in [7, 11) is 0. The highest BCUT2D eigenvalue weighted by molar-refractivity contribution is 9.10. The van der Waals surface area contributed by atoms with E-state index in [1.807, 2.05) is 26.0 Å². The van der Waals surface area contributed by atoms with Crippen molar-refractivity contribution in [3.63, 3.8) is 0 Å². The smallest absolute Gasteiger partial charge is 0.261 e. The molecule has 0 radical (unpaired) electrons. The Morgan fingerprint density at radius 1 is 1.17 bits per heavy atom. The van der Waals surface area contributed by atoms with Crippen molar-refractivity contribution in [3.05, 3.63) is 62.0 Å². The molecule has 0 aliphatic carbocycles. The van der Waals surface area contributed by atoms with Crippen LogP contribution in [-0.4, -0.2) is 35.9 Å². The van der Waals surface area contributed by atoms with E-state index in [0.29, 0.717) is 22.3 Å². The Morgan fingerprint density at radius 3 is 2.52 bits per heavy atom. The molecule has 8 heteroatoms. The van der Waals surface area contributed by atoms with Gasteiger partial charge >= 0.3 is 0 Å². The number of nitrogens with zero attached hydrogens (tertiary/aromatic N) is 1. The number of halogens is 3. The van der Waals surface area contributed by atoms with Gasteiger partial charge in [0.1, 0.15) is 11.8 Å². The number of nitrogens with one attached hydrogen (secondary N) is 1. The van der Waals surface area contributed by atoms with Crippen molar-refractivity contribution >= 4 is 50.9 Å². The molecule has 0 saturated carbocycles. The minimum Gasteiger partial charge on any atom is -0.484 e. The SMILES string of the molecule is CCNC(=O)[C@@H](C)N(Cc1ccc(Cl)c(Cl)c1)C(=O)COc1ccc(Br)c(C)c1. The van der Waals surface area contributed by atoms with Crippen LogP contribution in [0.25, 0.3) is 0 Å².